The van der Waals surface area contributed by atoms with E-state index in [1.54, 1.807) is 35.4 Å². The Bertz CT molecular complexity index is 1760. The normalized spacial score (nSPS) is 15.9. The lowest BCUT2D eigenvalue weighted by atomic mass is 10.1. The van der Waals surface area contributed by atoms with E-state index in [9.17, 15) is 0 Å². The molecule has 0 N–H and O–H groups in total. The van der Waals surface area contributed by atoms with Gasteiger partial charge in [-0.2, -0.15) is 21.9 Å². The molecule has 12 nitrogen and oxygen atoms in total. The van der Waals surface area contributed by atoms with Gasteiger partial charge in [-0.3, -0.25) is 9.31 Å². The van der Waals surface area contributed by atoms with Crippen LogP contribution in [0.3, 0.4) is 0 Å². The fourth-order valence-corrected chi connectivity index (χ4v) is 10.5. The van der Waals surface area contributed by atoms with Gasteiger partial charge in [0.05, 0.1) is 35.3 Å². The fourth-order valence-electron chi connectivity index (χ4n) is 5.47. The van der Waals surface area contributed by atoms with Crippen LogP contribution in [0.4, 0.5) is 0 Å². The molecule has 0 unspecified atom stereocenters. The van der Waals surface area contributed by atoms with Crippen LogP contribution in [-0.2, 0) is 0 Å². The molecule has 0 saturated heterocycles. The van der Waals surface area contributed by atoms with E-state index in [2.05, 4.69) is 202 Å². The predicted molar refractivity (Wildman–Crippen MR) is 268 cm³/mol. The zero-order valence-corrected chi connectivity index (χ0v) is 46.2. The summed E-state index contributed by atoms with van der Waals surface area (Å²) in [5.74, 6) is 2.46. The molecule has 3 aliphatic rings. The summed E-state index contributed by atoms with van der Waals surface area (Å²) in [6.45, 7) is 44.9. The Morgan fingerprint density at radius 1 is 0.533 bits per heavy atom. The SMILES string of the molecule is CC1=C(C)N(C(C)C)N(C)S1.CC1=C(C)N(C(C)C)SN1C.CC1=C(C)N(C)N(C(C)C)S1.Cc1nnc(C(C)C)s1.Cc1nsc(C(C)C)n1.Cc1nsnc1C(C)C. The summed E-state index contributed by atoms with van der Waals surface area (Å²) >= 11 is 9.88. The first kappa shape index (κ1) is 56.1. The lowest BCUT2D eigenvalue weighted by Gasteiger charge is -2.30. The average molecular weight is 944 g/mol. The molecule has 6 heterocycles. The van der Waals surface area contributed by atoms with Crippen molar-refractivity contribution in [1.82, 2.24) is 55.8 Å². The molecule has 0 bridgehead atoms. The maximum atomic E-state index is 4.22. The highest BCUT2D eigenvalue weighted by atomic mass is 32.2. The van der Waals surface area contributed by atoms with E-state index in [1.165, 1.54) is 55.9 Å². The van der Waals surface area contributed by atoms with Gasteiger partial charge < -0.3 is 9.31 Å². The minimum absolute atomic E-state index is 0.517. The molecule has 0 fully saturated rings. The fraction of sp³-hybridized carbons (Fsp3) is 0.714. The Morgan fingerprint density at radius 2 is 1.10 bits per heavy atom. The second-order valence-corrected chi connectivity index (χ2v) is 22.6. The zero-order chi connectivity index (χ0) is 46.3. The first-order valence-corrected chi connectivity index (χ1v) is 25.4. The van der Waals surface area contributed by atoms with Gasteiger partial charge in [-0.05, 0) is 145 Å². The Kier molecular flexibility index (Phi) is 24.9. The van der Waals surface area contributed by atoms with Gasteiger partial charge in [0.1, 0.15) is 20.8 Å². The van der Waals surface area contributed by atoms with Crippen molar-refractivity contribution in [1.29, 1.82) is 0 Å². The van der Waals surface area contributed by atoms with Gasteiger partial charge >= 0.3 is 0 Å². The van der Waals surface area contributed by atoms with Gasteiger partial charge in [0, 0.05) is 83.7 Å². The highest BCUT2D eigenvalue weighted by Gasteiger charge is 2.26. The van der Waals surface area contributed by atoms with E-state index in [1.807, 2.05) is 32.7 Å². The number of aromatic nitrogens is 6. The second-order valence-electron chi connectivity index (χ2n) is 16.5. The van der Waals surface area contributed by atoms with E-state index >= 15 is 0 Å². The Balaban J connectivity index is 0.000000361. The molecule has 60 heavy (non-hydrogen) atoms. The summed E-state index contributed by atoms with van der Waals surface area (Å²) < 4.78 is 21.3. The van der Waals surface area contributed by atoms with Gasteiger partial charge in [-0.25, -0.2) is 4.98 Å². The van der Waals surface area contributed by atoms with E-state index in [4.69, 9.17) is 0 Å². The monoisotopic (exact) mass is 942 g/mol. The van der Waals surface area contributed by atoms with Crippen molar-refractivity contribution in [2.75, 3.05) is 21.1 Å². The average Bonchev–Trinajstić information content (AvgIpc) is 4.02. The molecule has 0 aliphatic carbocycles. The number of nitrogens with zero attached hydrogens (tertiary/aromatic N) is 12. The summed E-state index contributed by atoms with van der Waals surface area (Å²) in [4.78, 5) is 7.03. The van der Waals surface area contributed by atoms with Crippen molar-refractivity contribution in [2.24, 2.45) is 0 Å². The lowest BCUT2D eigenvalue weighted by molar-refractivity contribution is 0.114. The Hall–Kier alpha value is -1.93. The van der Waals surface area contributed by atoms with Crippen molar-refractivity contribution in [3.8, 4) is 0 Å². The molecule has 3 aromatic heterocycles. The van der Waals surface area contributed by atoms with Crippen LogP contribution in [0, 0.1) is 20.8 Å². The van der Waals surface area contributed by atoms with Crippen LogP contribution in [-0.4, -0.2) is 95.0 Å². The zero-order valence-electron chi connectivity index (χ0n) is 41.3. The molecule has 3 aliphatic heterocycles. The summed E-state index contributed by atoms with van der Waals surface area (Å²) in [6.07, 6.45) is 0. The quantitative estimate of drug-likeness (QED) is 0.219. The van der Waals surface area contributed by atoms with Crippen LogP contribution in [0.2, 0.25) is 0 Å². The van der Waals surface area contributed by atoms with Crippen molar-refractivity contribution in [3.63, 3.8) is 0 Å². The molecule has 342 valence electrons. The largest absolute Gasteiger partial charge is 0.304 e. The van der Waals surface area contributed by atoms with Gasteiger partial charge in [-0.15, -0.1) is 21.5 Å². The maximum Gasteiger partial charge on any atom is 0.139 e. The van der Waals surface area contributed by atoms with Crippen LogP contribution in [0.15, 0.2) is 32.6 Å². The van der Waals surface area contributed by atoms with E-state index in [-0.39, 0.29) is 0 Å². The van der Waals surface area contributed by atoms with Crippen molar-refractivity contribution < 1.29 is 0 Å². The van der Waals surface area contributed by atoms with Crippen LogP contribution < -0.4 is 0 Å². The molecule has 3 aromatic rings. The Labute approximate surface area is 391 Å². The van der Waals surface area contributed by atoms with Crippen LogP contribution in [0.5, 0.6) is 0 Å². The van der Waals surface area contributed by atoms with Gasteiger partial charge in [-0.1, -0.05) is 41.5 Å². The topological polar surface area (TPSA) is 96.8 Å². The predicted octanol–water partition coefficient (Wildman–Crippen LogP) is 13.3. The molecule has 0 saturated carbocycles. The first-order valence-electron chi connectivity index (χ1n) is 20.8. The number of hydrogen-bond donors (Lipinski definition) is 0. The van der Waals surface area contributed by atoms with Crippen LogP contribution >= 0.6 is 70.6 Å². The molecule has 0 aromatic carbocycles. The van der Waals surface area contributed by atoms with Crippen molar-refractivity contribution in [3.05, 3.63) is 64.8 Å². The highest BCUT2D eigenvalue weighted by molar-refractivity contribution is 8.01. The highest BCUT2D eigenvalue weighted by Crippen LogP contribution is 2.37. The molecule has 18 heteroatoms. The molecule has 0 atom stereocenters. The molecule has 6 rings (SSSR count). The number of rotatable bonds is 6. The molecule has 0 radical (unpaired) electrons. The van der Waals surface area contributed by atoms with Crippen molar-refractivity contribution >= 4 is 70.6 Å². The van der Waals surface area contributed by atoms with Crippen LogP contribution in [0.1, 0.15) is 175 Å². The second kappa shape index (κ2) is 26.6. The summed E-state index contributed by atoms with van der Waals surface area (Å²) in [5, 5.41) is 15.7. The third kappa shape index (κ3) is 17.7. The molecular weight excluding hydrogens is 865 g/mol. The standard InChI is InChI=1S/3C8H16N2S.3C6H10N2S/c1-6(2)10-7(3)8(4)11-9(10)5;1-6(2)10-9(5)7(3)8(4)11-10;1-6(2)10-8(4)7(3)9(5)11-10;1-4(2)6-8-7-5(3)9-6;1-4(2)6-7-5(3)8-9-6;1-4(2)6-5(3)7-9-8-6/h3*6H,1-5H3;3*4H,1-3H3. The van der Waals surface area contributed by atoms with Crippen molar-refractivity contribution in [2.45, 2.75) is 181 Å². The first-order chi connectivity index (χ1) is 27.7. The number of hydrazine groups is 2. The third-order valence-corrected chi connectivity index (χ3v) is 15.9. The van der Waals surface area contributed by atoms with Crippen LogP contribution in [0.25, 0.3) is 0 Å². The Morgan fingerprint density at radius 3 is 1.30 bits per heavy atom. The number of allylic oxidation sites excluding steroid dienone is 6. The number of aryl methyl sites for hydroxylation is 3. The molecule has 0 amide bonds. The molecular formula is C42H78N12S6. The summed E-state index contributed by atoms with van der Waals surface area (Å²) in [5.41, 5.74) is 7.71. The van der Waals surface area contributed by atoms with E-state index in [0.717, 1.165) is 32.2 Å². The summed E-state index contributed by atoms with van der Waals surface area (Å²) in [7, 11) is 6.31. The third-order valence-electron chi connectivity index (χ3n) is 9.19. The lowest BCUT2D eigenvalue weighted by Crippen LogP contribution is -2.35. The summed E-state index contributed by atoms with van der Waals surface area (Å²) in [6, 6.07) is 1.71. The smallest absolute Gasteiger partial charge is 0.139 e. The minimum Gasteiger partial charge on any atom is -0.304 e. The number of hydrogen-bond acceptors (Lipinski definition) is 18. The molecule has 0 spiro atoms. The van der Waals surface area contributed by atoms with E-state index in [0.29, 0.717) is 35.9 Å². The van der Waals surface area contributed by atoms with E-state index < -0.39 is 0 Å². The van der Waals surface area contributed by atoms with Gasteiger partial charge in [0.2, 0.25) is 0 Å². The minimum atomic E-state index is 0.517. The van der Waals surface area contributed by atoms with Gasteiger partial charge in [0.15, 0.2) is 0 Å². The maximum absolute atomic E-state index is 4.22. The van der Waals surface area contributed by atoms with Gasteiger partial charge in [0.25, 0.3) is 0 Å².